The molecule has 13 aromatic rings. The highest BCUT2D eigenvalue weighted by Crippen LogP contribution is 2.40. The van der Waals surface area contributed by atoms with E-state index in [1.807, 2.05) is 11.3 Å². The zero-order valence-corrected chi connectivity index (χ0v) is 35.3. The van der Waals surface area contributed by atoms with Gasteiger partial charge in [0.1, 0.15) is 0 Å². The Morgan fingerprint density at radius 2 is 0.812 bits per heavy atom. The van der Waals surface area contributed by atoms with Gasteiger partial charge in [-0.05, 0) is 86.3 Å². The van der Waals surface area contributed by atoms with Crippen molar-refractivity contribution in [3.8, 4) is 62.1 Å². The van der Waals surface area contributed by atoms with Gasteiger partial charge in [-0.15, -0.1) is 11.3 Å². The SMILES string of the molecule is c1ccc(-c2ccc(-c3nc(-c4ccc(-c5ccc6c(c5)sc5ccccc56)cc4)nc(-c4ccc5c(ccc6ccccc65)c4)n3)c(-n3c4ccccc4c4ccccc43)c2)cc1. The Bertz CT molecular complexity index is 3900. The van der Waals surface area contributed by atoms with Gasteiger partial charge < -0.3 is 4.57 Å². The summed E-state index contributed by atoms with van der Waals surface area (Å²) in [5.41, 5.74) is 10.6. The van der Waals surface area contributed by atoms with Gasteiger partial charge in [-0.1, -0.05) is 176 Å². The van der Waals surface area contributed by atoms with Gasteiger partial charge in [-0.2, -0.15) is 0 Å². The van der Waals surface area contributed by atoms with Gasteiger partial charge in [0.15, 0.2) is 17.5 Å². The predicted octanol–water partition coefficient (Wildman–Crippen LogP) is 16.0. The zero-order valence-electron chi connectivity index (χ0n) is 34.5. The van der Waals surface area contributed by atoms with Gasteiger partial charge in [-0.3, -0.25) is 0 Å². The molecule has 0 amide bonds. The van der Waals surface area contributed by atoms with Crippen LogP contribution in [-0.4, -0.2) is 19.5 Å². The molecule has 64 heavy (non-hydrogen) atoms. The lowest BCUT2D eigenvalue weighted by molar-refractivity contribution is 1.07. The molecule has 0 bridgehead atoms. The minimum atomic E-state index is 0.606. The second kappa shape index (κ2) is 14.7. The highest BCUT2D eigenvalue weighted by molar-refractivity contribution is 7.25. The van der Waals surface area contributed by atoms with Crippen LogP contribution in [-0.2, 0) is 0 Å². The maximum atomic E-state index is 5.38. The largest absolute Gasteiger partial charge is 0.308 e. The van der Waals surface area contributed by atoms with Crippen LogP contribution in [0.2, 0.25) is 0 Å². The van der Waals surface area contributed by atoms with Crippen molar-refractivity contribution >= 4 is 74.9 Å². The highest BCUT2D eigenvalue weighted by atomic mass is 32.1. The summed E-state index contributed by atoms with van der Waals surface area (Å²) in [4.78, 5) is 16.0. The number of thiophene rings is 1. The van der Waals surface area contributed by atoms with Crippen molar-refractivity contribution in [1.29, 1.82) is 0 Å². The van der Waals surface area contributed by atoms with Crippen molar-refractivity contribution in [2.24, 2.45) is 0 Å². The molecule has 13 rings (SSSR count). The zero-order chi connectivity index (χ0) is 42.1. The summed E-state index contributed by atoms with van der Waals surface area (Å²) in [7, 11) is 0. The third kappa shape index (κ3) is 6.01. The van der Waals surface area contributed by atoms with Crippen LogP contribution in [0.25, 0.3) is 126 Å². The molecule has 0 spiro atoms. The van der Waals surface area contributed by atoms with Gasteiger partial charge in [0.2, 0.25) is 0 Å². The van der Waals surface area contributed by atoms with Crippen molar-refractivity contribution in [3.63, 3.8) is 0 Å². The van der Waals surface area contributed by atoms with Crippen LogP contribution in [0.3, 0.4) is 0 Å². The Labute approximate surface area is 373 Å². The first-order valence-electron chi connectivity index (χ1n) is 21.6. The van der Waals surface area contributed by atoms with E-state index in [9.17, 15) is 0 Å². The number of hydrogen-bond acceptors (Lipinski definition) is 4. The minimum Gasteiger partial charge on any atom is -0.308 e. The van der Waals surface area contributed by atoms with E-state index in [1.165, 1.54) is 52.7 Å². The fraction of sp³-hybridized carbons (Fsp3) is 0. The van der Waals surface area contributed by atoms with Crippen molar-refractivity contribution in [2.75, 3.05) is 0 Å². The smallest absolute Gasteiger partial charge is 0.166 e. The molecule has 0 aliphatic heterocycles. The third-order valence-corrected chi connectivity index (χ3v) is 13.8. The lowest BCUT2D eigenvalue weighted by Crippen LogP contribution is -2.04. The van der Waals surface area contributed by atoms with Gasteiger partial charge in [0.05, 0.1) is 16.7 Å². The second-order valence-electron chi connectivity index (χ2n) is 16.4. The molecule has 4 nitrogen and oxygen atoms in total. The first-order valence-corrected chi connectivity index (χ1v) is 22.4. The van der Waals surface area contributed by atoms with Crippen LogP contribution in [0.5, 0.6) is 0 Å². The van der Waals surface area contributed by atoms with Crippen LogP contribution in [0.1, 0.15) is 0 Å². The van der Waals surface area contributed by atoms with Gasteiger partial charge >= 0.3 is 0 Å². The average molecular weight is 833 g/mol. The third-order valence-electron chi connectivity index (χ3n) is 12.7. The van der Waals surface area contributed by atoms with E-state index in [0.29, 0.717) is 17.5 Å². The van der Waals surface area contributed by atoms with E-state index < -0.39 is 0 Å². The number of nitrogens with zero attached hydrogens (tertiary/aromatic N) is 4. The first kappa shape index (κ1) is 36.4. The Morgan fingerprint density at radius 3 is 1.61 bits per heavy atom. The fourth-order valence-corrected chi connectivity index (χ4v) is 10.7. The van der Waals surface area contributed by atoms with Crippen molar-refractivity contribution in [3.05, 3.63) is 218 Å². The molecule has 5 heteroatoms. The average Bonchev–Trinajstić information content (AvgIpc) is 3.91. The molecular formula is C59H36N4S. The molecule has 10 aromatic carbocycles. The molecular weight excluding hydrogens is 797 g/mol. The fourth-order valence-electron chi connectivity index (χ4n) is 9.52. The minimum absolute atomic E-state index is 0.606. The molecule has 3 heterocycles. The summed E-state index contributed by atoms with van der Waals surface area (Å²) < 4.78 is 4.97. The molecule has 0 fully saturated rings. The number of hydrogen-bond donors (Lipinski definition) is 0. The Kier molecular flexibility index (Phi) is 8.36. The van der Waals surface area contributed by atoms with Crippen molar-refractivity contribution in [2.45, 2.75) is 0 Å². The summed E-state index contributed by atoms with van der Waals surface area (Å²) >= 11 is 1.84. The molecule has 298 valence electrons. The standard InChI is InChI=1S/C59H36N4S/c1-2-12-37(13-3-1)41-29-33-51(54(35-41)63-52-19-9-6-16-47(52)48-17-7-10-20-53(48)63)59-61-57(60-58(62-59)44-30-31-46-43(34-44)27-24-39-14-4-5-15-45(39)46)40-25-22-38(23-26-40)42-28-32-50-49-18-8-11-21-55(49)64-56(50)36-42/h1-36H. The number of fused-ring (bicyclic) bond motifs is 9. The second-order valence-corrected chi connectivity index (χ2v) is 17.5. The van der Waals surface area contributed by atoms with Crippen molar-refractivity contribution < 1.29 is 0 Å². The molecule has 0 N–H and O–H groups in total. The highest BCUT2D eigenvalue weighted by Gasteiger charge is 2.21. The summed E-state index contributed by atoms with van der Waals surface area (Å²) in [5.74, 6) is 1.84. The van der Waals surface area contributed by atoms with E-state index in [1.54, 1.807) is 0 Å². The summed E-state index contributed by atoms with van der Waals surface area (Å²) in [6.45, 7) is 0. The molecule has 0 unspecified atom stereocenters. The van der Waals surface area contributed by atoms with Gasteiger partial charge in [-0.25, -0.2) is 15.0 Å². The summed E-state index contributed by atoms with van der Waals surface area (Å²) in [5, 5.41) is 9.78. The Morgan fingerprint density at radius 1 is 0.297 bits per heavy atom. The topological polar surface area (TPSA) is 43.6 Å². The first-order chi connectivity index (χ1) is 31.7. The quantitative estimate of drug-likeness (QED) is 0.157. The van der Waals surface area contributed by atoms with E-state index in [0.717, 1.165) is 55.5 Å². The predicted molar refractivity (Wildman–Crippen MR) is 269 cm³/mol. The lowest BCUT2D eigenvalue weighted by atomic mass is 9.99. The molecule has 3 aromatic heterocycles. The van der Waals surface area contributed by atoms with E-state index in [-0.39, 0.29) is 0 Å². The molecule has 0 atom stereocenters. The number of para-hydroxylation sites is 2. The van der Waals surface area contributed by atoms with Gasteiger partial charge in [0.25, 0.3) is 0 Å². The lowest BCUT2D eigenvalue weighted by Gasteiger charge is -2.16. The number of aromatic nitrogens is 4. The van der Waals surface area contributed by atoms with E-state index in [2.05, 4.69) is 223 Å². The summed E-state index contributed by atoms with van der Waals surface area (Å²) in [6, 6.07) is 78.1. The molecule has 0 aliphatic rings. The summed E-state index contributed by atoms with van der Waals surface area (Å²) in [6.07, 6.45) is 0. The van der Waals surface area contributed by atoms with Crippen LogP contribution >= 0.6 is 11.3 Å². The molecule has 0 aliphatic carbocycles. The van der Waals surface area contributed by atoms with E-state index in [4.69, 9.17) is 15.0 Å². The Balaban J connectivity index is 1.01. The Hall–Kier alpha value is -8.25. The number of benzene rings is 10. The normalized spacial score (nSPS) is 11.8. The van der Waals surface area contributed by atoms with Crippen molar-refractivity contribution in [1.82, 2.24) is 19.5 Å². The van der Waals surface area contributed by atoms with Crippen LogP contribution in [0.15, 0.2) is 218 Å². The van der Waals surface area contributed by atoms with E-state index >= 15 is 0 Å². The molecule has 0 saturated heterocycles. The molecule has 0 saturated carbocycles. The molecule has 0 radical (unpaired) electrons. The maximum Gasteiger partial charge on any atom is 0.166 e. The van der Waals surface area contributed by atoms with Gasteiger partial charge in [0, 0.05) is 47.6 Å². The van der Waals surface area contributed by atoms with Crippen LogP contribution < -0.4 is 0 Å². The van der Waals surface area contributed by atoms with Crippen LogP contribution in [0.4, 0.5) is 0 Å². The monoisotopic (exact) mass is 832 g/mol. The number of rotatable bonds is 6. The van der Waals surface area contributed by atoms with Crippen LogP contribution in [0, 0.1) is 0 Å². The maximum absolute atomic E-state index is 5.38.